The van der Waals surface area contributed by atoms with Gasteiger partial charge in [0.15, 0.2) is 5.16 Å². The van der Waals surface area contributed by atoms with E-state index in [9.17, 15) is 9.59 Å². The zero-order chi connectivity index (χ0) is 20.5. The molecule has 0 spiro atoms. The summed E-state index contributed by atoms with van der Waals surface area (Å²) in [6.07, 6.45) is 2.14. The Bertz CT molecular complexity index is 1100. The number of rotatable bonds is 7. The third kappa shape index (κ3) is 4.12. The van der Waals surface area contributed by atoms with Crippen LogP contribution in [0.15, 0.2) is 40.3 Å². The minimum Gasteiger partial charge on any atom is -0.335 e. The molecule has 0 radical (unpaired) electrons. The molecular formula is C22H25N3O2S2. The van der Waals surface area contributed by atoms with E-state index in [-0.39, 0.29) is 11.5 Å². The zero-order valence-electron chi connectivity index (χ0n) is 17.0. The average molecular weight is 428 g/mol. The molecule has 0 aliphatic heterocycles. The molecule has 29 heavy (non-hydrogen) atoms. The van der Waals surface area contributed by atoms with Gasteiger partial charge in [-0.3, -0.25) is 14.2 Å². The van der Waals surface area contributed by atoms with Gasteiger partial charge >= 0.3 is 0 Å². The summed E-state index contributed by atoms with van der Waals surface area (Å²) in [5, 5.41) is 1.35. The van der Waals surface area contributed by atoms with Crippen LogP contribution in [0.2, 0.25) is 0 Å². The zero-order valence-corrected chi connectivity index (χ0v) is 18.6. The van der Waals surface area contributed by atoms with Crippen molar-refractivity contribution >= 4 is 39.2 Å². The molecule has 5 nitrogen and oxygen atoms in total. The number of aryl methyl sites for hydroxylation is 2. The van der Waals surface area contributed by atoms with Crippen LogP contribution in [0.5, 0.6) is 0 Å². The van der Waals surface area contributed by atoms with Crippen LogP contribution in [0.25, 0.3) is 10.2 Å². The van der Waals surface area contributed by atoms with E-state index in [1.54, 1.807) is 15.9 Å². The summed E-state index contributed by atoms with van der Waals surface area (Å²) in [5.74, 6) is 0.404. The number of hydrogen-bond donors (Lipinski definition) is 0. The number of thiophene rings is 1. The van der Waals surface area contributed by atoms with Gasteiger partial charge in [-0.15, -0.1) is 11.3 Å². The number of carbonyl (C=O) groups is 1. The number of thioether (sulfide) groups is 1. The Morgan fingerprint density at radius 2 is 2.00 bits per heavy atom. The molecule has 1 amide bonds. The van der Waals surface area contributed by atoms with Crippen molar-refractivity contribution in [3.63, 3.8) is 0 Å². The molecule has 2 aromatic heterocycles. The molecule has 1 aliphatic rings. The van der Waals surface area contributed by atoms with E-state index in [1.807, 2.05) is 43.9 Å². The van der Waals surface area contributed by atoms with Gasteiger partial charge in [0.05, 0.1) is 11.1 Å². The smallest absolute Gasteiger partial charge is 0.263 e. The van der Waals surface area contributed by atoms with Crippen molar-refractivity contribution in [3.8, 4) is 0 Å². The standard InChI is InChI=1S/C22H25N3O2S2/c1-4-24-21(27)19-14(2)15(3)29-20(19)23-22(24)28-13-18(26)25(17-10-11-17)12-16-8-6-5-7-9-16/h5-9,17H,4,10-13H2,1-3H3. The maximum absolute atomic E-state index is 13.0. The lowest BCUT2D eigenvalue weighted by molar-refractivity contribution is -0.129. The molecule has 7 heteroatoms. The van der Waals surface area contributed by atoms with Gasteiger partial charge in [-0.05, 0) is 44.7 Å². The van der Waals surface area contributed by atoms with Gasteiger partial charge in [0.2, 0.25) is 5.91 Å². The predicted molar refractivity (Wildman–Crippen MR) is 120 cm³/mol. The summed E-state index contributed by atoms with van der Waals surface area (Å²) in [6.45, 7) is 7.13. The first-order chi connectivity index (χ1) is 14.0. The van der Waals surface area contributed by atoms with Gasteiger partial charge in [-0.1, -0.05) is 42.1 Å². The molecule has 1 saturated carbocycles. The molecule has 0 N–H and O–H groups in total. The Kier molecular flexibility index (Phi) is 5.79. The summed E-state index contributed by atoms with van der Waals surface area (Å²) < 4.78 is 1.69. The Labute approximate surface area is 178 Å². The molecule has 1 fully saturated rings. The van der Waals surface area contributed by atoms with Crippen LogP contribution in [-0.4, -0.2) is 32.2 Å². The molecule has 2 heterocycles. The number of nitrogens with zero attached hydrogens (tertiary/aromatic N) is 3. The van der Waals surface area contributed by atoms with E-state index >= 15 is 0 Å². The summed E-state index contributed by atoms with van der Waals surface area (Å²) in [5.41, 5.74) is 2.16. The number of carbonyl (C=O) groups excluding carboxylic acids is 1. The first kappa shape index (κ1) is 20.2. The highest BCUT2D eigenvalue weighted by Crippen LogP contribution is 2.31. The van der Waals surface area contributed by atoms with E-state index in [0.717, 1.165) is 33.7 Å². The Balaban J connectivity index is 1.55. The number of hydrogen-bond acceptors (Lipinski definition) is 5. The van der Waals surface area contributed by atoms with Crippen LogP contribution in [0, 0.1) is 13.8 Å². The maximum Gasteiger partial charge on any atom is 0.263 e. The topological polar surface area (TPSA) is 55.2 Å². The highest BCUT2D eigenvalue weighted by atomic mass is 32.2. The van der Waals surface area contributed by atoms with E-state index in [2.05, 4.69) is 12.1 Å². The maximum atomic E-state index is 13.0. The van der Waals surface area contributed by atoms with Gasteiger partial charge in [0.25, 0.3) is 5.56 Å². The van der Waals surface area contributed by atoms with Crippen molar-refractivity contribution in [2.75, 3.05) is 5.75 Å². The molecule has 4 rings (SSSR count). The number of benzene rings is 1. The minimum atomic E-state index is -0.00219. The van der Waals surface area contributed by atoms with Crippen molar-refractivity contribution < 1.29 is 4.79 Å². The van der Waals surface area contributed by atoms with E-state index in [1.165, 1.54) is 11.8 Å². The Morgan fingerprint density at radius 3 is 2.66 bits per heavy atom. The van der Waals surface area contributed by atoms with Gasteiger partial charge in [-0.2, -0.15) is 0 Å². The molecular weight excluding hydrogens is 402 g/mol. The molecule has 0 saturated heterocycles. The van der Waals surface area contributed by atoms with Crippen LogP contribution in [0.4, 0.5) is 0 Å². The summed E-state index contributed by atoms with van der Waals surface area (Å²) >= 11 is 2.93. The van der Waals surface area contributed by atoms with E-state index < -0.39 is 0 Å². The molecule has 0 atom stereocenters. The number of amides is 1. The highest BCUT2D eigenvalue weighted by Gasteiger charge is 2.32. The minimum absolute atomic E-state index is 0.00219. The summed E-state index contributed by atoms with van der Waals surface area (Å²) in [6, 6.07) is 10.5. The SMILES string of the molecule is CCn1c(SCC(=O)N(Cc2ccccc2)C2CC2)nc2sc(C)c(C)c2c1=O. The number of fused-ring (bicyclic) bond motifs is 1. The van der Waals surface area contributed by atoms with Crippen LogP contribution in [-0.2, 0) is 17.9 Å². The lowest BCUT2D eigenvalue weighted by Crippen LogP contribution is -2.34. The fourth-order valence-electron chi connectivity index (χ4n) is 3.49. The van der Waals surface area contributed by atoms with Gasteiger partial charge in [0.1, 0.15) is 4.83 Å². The van der Waals surface area contributed by atoms with Gasteiger partial charge in [-0.25, -0.2) is 4.98 Å². The van der Waals surface area contributed by atoms with Crippen molar-refractivity contribution in [1.82, 2.24) is 14.5 Å². The van der Waals surface area contributed by atoms with Gasteiger partial charge in [0, 0.05) is 24.0 Å². The second-order valence-electron chi connectivity index (χ2n) is 7.43. The first-order valence-corrected chi connectivity index (χ1v) is 11.8. The fourth-order valence-corrected chi connectivity index (χ4v) is 5.51. The van der Waals surface area contributed by atoms with Crippen LogP contribution in [0.3, 0.4) is 0 Å². The Morgan fingerprint density at radius 1 is 1.28 bits per heavy atom. The van der Waals surface area contributed by atoms with Crippen molar-refractivity contribution in [1.29, 1.82) is 0 Å². The lowest BCUT2D eigenvalue weighted by atomic mass is 10.2. The first-order valence-electron chi connectivity index (χ1n) is 9.96. The number of aromatic nitrogens is 2. The summed E-state index contributed by atoms with van der Waals surface area (Å²) in [7, 11) is 0. The Hall–Kier alpha value is -2.12. The van der Waals surface area contributed by atoms with Crippen LogP contribution >= 0.6 is 23.1 Å². The third-order valence-corrected chi connectivity index (χ3v) is 7.46. The normalized spacial score (nSPS) is 13.8. The second-order valence-corrected chi connectivity index (χ2v) is 9.58. The van der Waals surface area contributed by atoms with E-state index in [0.29, 0.717) is 35.4 Å². The lowest BCUT2D eigenvalue weighted by Gasteiger charge is -2.22. The van der Waals surface area contributed by atoms with Crippen molar-refractivity contribution in [2.24, 2.45) is 0 Å². The quantitative estimate of drug-likeness (QED) is 0.415. The molecule has 0 unspecified atom stereocenters. The van der Waals surface area contributed by atoms with Crippen LogP contribution < -0.4 is 5.56 Å². The monoisotopic (exact) mass is 427 g/mol. The van der Waals surface area contributed by atoms with Crippen molar-refractivity contribution in [3.05, 3.63) is 56.7 Å². The second kappa shape index (κ2) is 8.32. The molecule has 3 aromatic rings. The molecule has 1 aliphatic carbocycles. The largest absolute Gasteiger partial charge is 0.335 e. The van der Waals surface area contributed by atoms with Crippen LogP contribution in [0.1, 0.15) is 35.8 Å². The molecule has 0 bridgehead atoms. The molecule has 152 valence electrons. The van der Waals surface area contributed by atoms with E-state index in [4.69, 9.17) is 4.98 Å². The molecule has 1 aromatic carbocycles. The summed E-state index contributed by atoms with van der Waals surface area (Å²) in [4.78, 5) is 34.6. The third-order valence-electron chi connectivity index (χ3n) is 5.40. The fraction of sp³-hybridized carbons (Fsp3) is 0.409. The predicted octanol–water partition coefficient (Wildman–Crippen LogP) is 4.38. The average Bonchev–Trinajstić information content (AvgIpc) is 3.51. The van der Waals surface area contributed by atoms with Crippen molar-refractivity contribution in [2.45, 2.75) is 57.9 Å². The highest BCUT2D eigenvalue weighted by molar-refractivity contribution is 7.99. The van der Waals surface area contributed by atoms with Gasteiger partial charge < -0.3 is 4.90 Å².